The van der Waals surface area contributed by atoms with Gasteiger partial charge in [0.1, 0.15) is 12.4 Å². The zero-order chi connectivity index (χ0) is 20.5. The summed E-state index contributed by atoms with van der Waals surface area (Å²) in [6.45, 7) is 2.03. The molecule has 2 atom stereocenters. The average Bonchev–Trinajstić information content (AvgIpc) is 3.48. The maximum absolute atomic E-state index is 13.3. The van der Waals surface area contributed by atoms with Crippen LogP contribution in [0.2, 0.25) is 0 Å². The zero-order valence-corrected chi connectivity index (χ0v) is 16.8. The molecule has 1 saturated carbocycles. The maximum Gasteiger partial charge on any atom is 0.254 e. The third-order valence-corrected chi connectivity index (χ3v) is 5.35. The highest BCUT2D eigenvalue weighted by atomic mass is 16.5. The summed E-state index contributed by atoms with van der Waals surface area (Å²) < 4.78 is 16.3. The number of hydrogen-bond donors (Lipinski definition) is 0. The van der Waals surface area contributed by atoms with Crippen molar-refractivity contribution in [2.75, 3.05) is 20.8 Å². The fourth-order valence-electron chi connectivity index (χ4n) is 3.77. The third-order valence-electron chi connectivity index (χ3n) is 5.35. The van der Waals surface area contributed by atoms with Crippen molar-refractivity contribution in [1.82, 2.24) is 15.0 Å². The molecule has 8 nitrogen and oxygen atoms in total. The van der Waals surface area contributed by atoms with Gasteiger partial charge in [-0.1, -0.05) is 17.3 Å². The number of benzene rings is 1. The van der Waals surface area contributed by atoms with Gasteiger partial charge in [-0.15, -0.1) is 0 Å². The molecule has 8 heteroatoms. The van der Waals surface area contributed by atoms with Gasteiger partial charge in [0.25, 0.3) is 5.91 Å². The van der Waals surface area contributed by atoms with E-state index in [9.17, 15) is 9.59 Å². The molecule has 1 aliphatic heterocycles. The number of morpholine rings is 1. The number of aromatic nitrogens is 1. The molecule has 2 amide bonds. The van der Waals surface area contributed by atoms with Crippen molar-refractivity contribution in [2.45, 2.75) is 44.5 Å². The molecule has 2 aliphatic rings. The molecule has 0 unspecified atom stereocenters. The van der Waals surface area contributed by atoms with Gasteiger partial charge in [-0.25, -0.2) is 0 Å². The van der Waals surface area contributed by atoms with Gasteiger partial charge >= 0.3 is 0 Å². The molecular formula is C21H25N3O5. The SMILES string of the molecule is COc1ccc([C@@H]2[C@@H](C(=O)N(C)Cc3cc(C)no3)OCC(=O)N2C2CC2)cc1. The molecule has 29 heavy (non-hydrogen) atoms. The van der Waals surface area contributed by atoms with Crippen LogP contribution in [-0.4, -0.2) is 59.7 Å². The van der Waals surface area contributed by atoms with Crippen molar-refractivity contribution in [3.8, 4) is 5.75 Å². The molecule has 2 heterocycles. The fraction of sp³-hybridized carbons (Fsp3) is 0.476. The summed E-state index contributed by atoms with van der Waals surface area (Å²) in [5.74, 6) is 1.05. The van der Waals surface area contributed by atoms with Crippen LogP contribution >= 0.6 is 0 Å². The van der Waals surface area contributed by atoms with Crippen molar-refractivity contribution < 1.29 is 23.6 Å². The van der Waals surface area contributed by atoms with Gasteiger partial charge in [-0.3, -0.25) is 9.59 Å². The lowest BCUT2D eigenvalue weighted by Crippen LogP contribution is -2.55. The number of ether oxygens (including phenoxy) is 2. The maximum atomic E-state index is 13.3. The summed E-state index contributed by atoms with van der Waals surface area (Å²) in [6.07, 6.45) is 1.12. The number of carbonyl (C=O) groups is 2. The average molecular weight is 399 g/mol. The van der Waals surface area contributed by atoms with Crippen LogP contribution in [-0.2, 0) is 20.9 Å². The number of carbonyl (C=O) groups excluding carboxylic acids is 2. The van der Waals surface area contributed by atoms with E-state index in [0.717, 1.165) is 29.8 Å². The minimum Gasteiger partial charge on any atom is -0.497 e. The number of methoxy groups -OCH3 is 1. The van der Waals surface area contributed by atoms with Gasteiger partial charge in [0.15, 0.2) is 11.9 Å². The normalized spacial score (nSPS) is 21.9. The van der Waals surface area contributed by atoms with E-state index in [1.54, 1.807) is 25.1 Å². The first-order valence-electron chi connectivity index (χ1n) is 9.72. The largest absolute Gasteiger partial charge is 0.497 e. The Bertz CT molecular complexity index is 890. The van der Waals surface area contributed by atoms with Crippen LogP contribution in [0.5, 0.6) is 5.75 Å². The number of rotatable bonds is 6. The zero-order valence-electron chi connectivity index (χ0n) is 16.8. The minimum atomic E-state index is -0.782. The first-order chi connectivity index (χ1) is 14.0. The molecule has 0 bridgehead atoms. The Labute approximate surface area is 169 Å². The fourth-order valence-corrected chi connectivity index (χ4v) is 3.77. The van der Waals surface area contributed by atoms with E-state index in [1.807, 2.05) is 36.1 Å². The van der Waals surface area contributed by atoms with Crippen LogP contribution in [0.25, 0.3) is 0 Å². The molecule has 2 aromatic rings. The lowest BCUT2D eigenvalue weighted by molar-refractivity contribution is -0.170. The molecule has 0 spiro atoms. The Kier molecular flexibility index (Phi) is 5.27. The topological polar surface area (TPSA) is 85.1 Å². The summed E-state index contributed by atoms with van der Waals surface area (Å²) in [7, 11) is 3.30. The molecule has 0 radical (unpaired) electrons. The van der Waals surface area contributed by atoms with Crippen LogP contribution in [0.15, 0.2) is 34.9 Å². The van der Waals surface area contributed by atoms with Gasteiger partial charge in [-0.05, 0) is 37.5 Å². The quantitative estimate of drug-likeness (QED) is 0.739. The molecule has 1 aromatic carbocycles. The third kappa shape index (κ3) is 3.98. The molecule has 2 fully saturated rings. The second-order valence-electron chi connectivity index (χ2n) is 7.61. The van der Waals surface area contributed by atoms with Gasteiger partial charge in [0.2, 0.25) is 5.91 Å². The van der Waals surface area contributed by atoms with Gasteiger partial charge in [0.05, 0.1) is 25.4 Å². The van der Waals surface area contributed by atoms with E-state index in [4.69, 9.17) is 14.0 Å². The highest BCUT2D eigenvalue weighted by Crippen LogP contribution is 2.40. The van der Waals surface area contributed by atoms with E-state index in [-0.39, 0.29) is 31.0 Å². The first-order valence-corrected chi connectivity index (χ1v) is 9.72. The van der Waals surface area contributed by atoms with Crippen molar-refractivity contribution in [3.63, 3.8) is 0 Å². The van der Waals surface area contributed by atoms with E-state index in [0.29, 0.717) is 5.76 Å². The molecule has 4 rings (SSSR count). The summed E-state index contributed by atoms with van der Waals surface area (Å²) >= 11 is 0. The first kappa shape index (κ1) is 19.4. The van der Waals surface area contributed by atoms with E-state index in [2.05, 4.69) is 5.16 Å². The highest BCUT2D eigenvalue weighted by molar-refractivity contribution is 5.86. The van der Waals surface area contributed by atoms with E-state index < -0.39 is 12.1 Å². The summed E-state index contributed by atoms with van der Waals surface area (Å²) in [5.41, 5.74) is 1.62. The second-order valence-corrected chi connectivity index (χ2v) is 7.61. The van der Waals surface area contributed by atoms with Crippen LogP contribution < -0.4 is 4.74 Å². The predicted octanol–water partition coefficient (Wildman–Crippen LogP) is 2.08. The number of aryl methyl sites for hydroxylation is 1. The molecular weight excluding hydrogens is 374 g/mol. The van der Waals surface area contributed by atoms with Crippen LogP contribution in [0.1, 0.15) is 35.9 Å². The number of amides is 2. The van der Waals surface area contributed by atoms with Gasteiger partial charge < -0.3 is 23.8 Å². The lowest BCUT2D eigenvalue weighted by Gasteiger charge is -2.41. The Balaban J connectivity index is 1.61. The van der Waals surface area contributed by atoms with E-state index in [1.165, 1.54) is 0 Å². The summed E-state index contributed by atoms with van der Waals surface area (Å²) in [6, 6.07) is 8.94. The van der Waals surface area contributed by atoms with Crippen molar-refractivity contribution in [2.24, 2.45) is 0 Å². The standard InChI is InChI=1S/C21H25N3O5/c1-13-10-17(29-22-13)11-23(2)21(26)20-19(14-4-8-16(27-3)9-5-14)24(15-6-7-15)18(25)12-28-20/h4-5,8-10,15,19-20H,6-7,11-12H2,1-3H3/t19-,20+/m1/s1. The molecule has 1 aromatic heterocycles. The van der Waals surface area contributed by atoms with Crippen molar-refractivity contribution in [3.05, 3.63) is 47.3 Å². The Hall–Kier alpha value is -2.87. The van der Waals surface area contributed by atoms with Crippen LogP contribution in [0.4, 0.5) is 0 Å². The van der Waals surface area contributed by atoms with E-state index >= 15 is 0 Å². The summed E-state index contributed by atoms with van der Waals surface area (Å²) in [5, 5.41) is 3.86. The minimum absolute atomic E-state index is 0.0779. The highest BCUT2D eigenvalue weighted by Gasteiger charge is 2.48. The van der Waals surface area contributed by atoms with Gasteiger partial charge in [0, 0.05) is 19.2 Å². The number of nitrogens with zero attached hydrogens (tertiary/aromatic N) is 3. The second kappa shape index (κ2) is 7.87. The van der Waals surface area contributed by atoms with Crippen LogP contribution in [0, 0.1) is 6.92 Å². The number of hydrogen-bond acceptors (Lipinski definition) is 6. The Morgan fingerprint density at radius 2 is 2.03 bits per heavy atom. The molecule has 154 valence electrons. The monoisotopic (exact) mass is 399 g/mol. The molecule has 1 saturated heterocycles. The van der Waals surface area contributed by atoms with Crippen molar-refractivity contribution >= 4 is 11.8 Å². The van der Waals surface area contributed by atoms with Crippen LogP contribution in [0.3, 0.4) is 0 Å². The number of likely N-dealkylation sites (N-methyl/N-ethyl adjacent to an activating group) is 1. The molecule has 0 N–H and O–H groups in total. The smallest absolute Gasteiger partial charge is 0.254 e. The predicted molar refractivity (Wildman–Crippen MR) is 103 cm³/mol. The summed E-state index contributed by atoms with van der Waals surface area (Å²) in [4.78, 5) is 29.3. The molecule has 1 aliphatic carbocycles. The van der Waals surface area contributed by atoms with Crippen molar-refractivity contribution in [1.29, 1.82) is 0 Å². The Morgan fingerprint density at radius 1 is 1.31 bits per heavy atom. The Morgan fingerprint density at radius 3 is 2.62 bits per heavy atom. The van der Waals surface area contributed by atoms with Gasteiger partial charge in [-0.2, -0.15) is 0 Å². The lowest BCUT2D eigenvalue weighted by atomic mass is 9.96.